The number of sulfone groups is 1. The molecule has 18 heavy (non-hydrogen) atoms. The molecule has 1 aliphatic rings. The molecule has 1 rings (SSSR count). The minimum atomic E-state index is -2.87. The van der Waals surface area contributed by atoms with E-state index in [2.05, 4.69) is 4.90 Å². The van der Waals surface area contributed by atoms with Crippen LogP contribution in [0.1, 0.15) is 12.8 Å². The second-order valence-electron chi connectivity index (χ2n) is 4.75. The SMILES string of the molecule is COC(CC(CN)N(C)C1CCS(=O)(=O)C1)OC. The molecule has 1 heterocycles. The third-order valence-electron chi connectivity index (χ3n) is 3.62. The molecule has 2 atom stereocenters. The van der Waals surface area contributed by atoms with Crippen molar-refractivity contribution < 1.29 is 17.9 Å². The number of nitrogens with zero attached hydrogens (tertiary/aromatic N) is 1. The third kappa shape index (κ3) is 4.17. The molecule has 1 aliphatic heterocycles. The first-order valence-corrected chi connectivity index (χ1v) is 7.93. The van der Waals surface area contributed by atoms with Crippen molar-refractivity contribution in [3.8, 4) is 0 Å². The highest BCUT2D eigenvalue weighted by atomic mass is 32.2. The van der Waals surface area contributed by atoms with Gasteiger partial charge >= 0.3 is 0 Å². The highest BCUT2D eigenvalue weighted by Gasteiger charge is 2.33. The molecule has 2 unspecified atom stereocenters. The second-order valence-corrected chi connectivity index (χ2v) is 6.98. The van der Waals surface area contributed by atoms with Crippen molar-refractivity contribution in [3.05, 3.63) is 0 Å². The monoisotopic (exact) mass is 280 g/mol. The van der Waals surface area contributed by atoms with Crippen molar-refractivity contribution in [3.63, 3.8) is 0 Å². The quantitative estimate of drug-likeness (QED) is 0.630. The van der Waals surface area contributed by atoms with Crippen molar-refractivity contribution in [2.45, 2.75) is 31.2 Å². The molecular formula is C11H24N2O4S. The van der Waals surface area contributed by atoms with E-state index in [-0.39, 0.29) is 29.9 Å². The van der Waals surface area contributed by atoms with Crippen LogP contribution in [0.2, 0.25) is 0 Å². The van der Waals surface area contributed by atoms with Crippen LogP contribution in [0, 0.1) is 0 Å². The summed E-state index contributed by atoms with van der Waals surface area (Å²) in [5.74, 6) is 0.502. The zero-order valence-electron chi connectivity index (χ0n) is 11.3. The number of hydrogen-bond donors (Lipinski definition) is 1. The van der Waals surface area contributed by atoms with Crippen molar-refractivity contribution in [2.24, 2.45) is 5.73 Å². The van der Waals surface area contributed by atoms with Gasteiger partial charge in [-0.05, 0) is 13.5 Å². The van der Waals surface area contributed by atoms with Crippen molar-refractivity contribution in [1.29, 1.82) is 0 Å². The van der Waals surface area contributed by atoms with Crippen molar-refractivity contribution in [1.82, 2.24) is 4.90 Å². The molecule has 0 aromatic heterocycles. The average Bonchev–Trinajstić information content (AvgIpc) is 2.71. The topological polar surface area (TPSA) is 81.9 Å². The van der Waals surface area contributed by atoms with Gasteiger partial charge < -0.3 is 15.2 Å². The van der Waals surface area contributed by atoms with Crippen LogP contribution in [0.25, 0.3) is 0 Å². The summed E-state index contributed by atoms with van der Waals surface area (Å²) in [5.41, 5.74) is 5.76. The number of ether oxygens (including phenoxy) is 2. The molecular weight excluding hydrogens is 256 g/mol. The van der Waals surface area contributed by atoms with E-state index in [9.17, 15) is 8.42 Å². The molecule has 0 aliphatic carbocycles. The Balaban J connectivity index is 2.59. The first kappa shape index (κ1) is 15.8. The van der Waals surface area contributed by atoms with Gasteiger partial charge in [0.1, 0.15) is 0 Å². The van der Waals surface area contributed by atoms with Crippen LogP contribution in [-0.2, 0) is 19.3 Å². The van der Waals surface area contributed by atoms with E-state index in [0.717, 1.165) is 0 Å². The molecule has 108 valence electrons. The van der Waals surface area contributed by atoms with E-state index < -0.39 is 9.84 Å². The Morgan fingerprint density at radius 2 is 2.00 bits per heavy atom. The summed E-state index contributed by atoms with van der Waals surface area (Å²) in [4.78, 5) is 2.05. The predicted octanol–water partition coefficient (Wildman–Crippen LogP) is -0.558. The first-order chi connectivity index (χ1) is 8.43. The lowest BCUT2D eigenvalue weighted by Gasteiger charge is -2.33. The van der Waals surface area contributed by atoms with Crippen LogP contribution < -0.4 is 5.73 Å². The number of methoxy groups -OCH3 is 2. The van der Waals surface area contributed by atoms with Crippen LogP contribution in [0.15, 0.2) is 0 Å². The lowest BCUT2D eigenvalue weighted by Crippen LogP contribution is -2.46. The van der Waals surface area contributed by atoms with Gasteiger partial charge in [-0.25, -0.2) is 8.42 Å². The van der Waals surface area contributed by atoms with E-state index in [1.165, 1.54) is 0 Å². The number of rotatable bonds is 7. The Labute approximate surface area is 109 Å². The zero-order chi connectivity index (χ0) is 13.8. The van der Waals surface area contributed by atoms with Crippen LogP contribution in [0.4, 0.5) is 0 Å². The number of hydrogen-bond acceptors (Lipinski definition) is 6. The Bertz CT molecular complexity index is 343. The summed E-state index contributed by atoms with van der Waals surface area (Å²) in [6.07, 6.45) is 1.01. The maximum atomic E-state index is 11.5. The molecule has 1 fully saturated rings. The summed E-state index contributed by atoms with van der Waals surface area (Å²) in [7, 11) is 2.23. The minimum Gasteiger partial charge on any atom is -0.356 e. The molecule has 0 aromatic rings. The fourth-order valence-electron chi connectivity index (χ4n) is 2.33. The maximum Gasteiger partial charge on any atom is 0.158 e. The lowest BCUT2D eigenvalue weighted by atomic mass is 10.1. The molecule has 1 saturated heterocycles. The highest BCUT2D eigenvalue weighted by Crippen LogP contribution is 2.20. The Morgan fingerprint density at radius 3 is 2.39 bits per heavy atom. The summed E-state index contributed by atoms with van der Waals surface area (Å²) in [5, 5.41) is 0. The van der Waals surface area contributed by atoms with Gasteiger partial charge in [0.05, 0.1) is 11.5 Å². The van der Waals surface area contributed by atoms with E-state index in [1.54, 1.807) is 14.2 Å². The van der Waals surface area contributed by atoms with Crippen LogP contribution in [-0.4, -0.2) is 71.0 Å². The van der Waals surface area contributed by atoms with Gasteiger partial charge in [0, 0.05) is 39.3 Å². The van der Waals surface area contributed by atoms with E-state index >= 15 is 0 Å². The summed E-state index contributed by atoms with van der Waals surface area (Å²) in [6.45, 7) is 0.455. The normalized spacial score (nSPS) is 24.9. The van der Waals surface area contributed by atoms with E-state index in [4.69, 9.17) is 15.2 Å². The standard InChI is InChI=1S/C11H24N2O4S/c1-13(9-4-5-18(14,15)8-9)10(7-12)6-11(16-2)17-3/h9-11H,4-8,12H2,1-3H3. The van der Waals surface area contributed by atoms with E-state index in [1.807, 2.05) is 7.05 Å². The van der Waals surface area contributed by atoms with Crippen molar-refractivity contribution >= 4 is 9.84 Å². The molecule has 0 spiro atoms. The maximum absolute atomic E-state index is 11.5. The molecule has 0 radical (unpaired) electrons. The van der Waals surface area contributed by atoms with Crippen LogP contribution in [0.5, 0.6) is 0 Å². The van der Waals surface area contributed by atoms with Gasteiger partial charge in [0.2, 0.25) is 0 Å². The van der Waals surface area contributed by atoms with Gasteiger partial charge in [-0.1, -0.05) is 0 Å². The molecule has 7 heteroatoms. The Kier molecular flexibility index (Phi) is 6.00. The van der Waals surface area contributed by atoms with Gasteiger partial charge in [0.25, 0.3) is 0 Å². The molecule has 0 saturated carbocycles. The molecule has 0 amide bonds. The smallest absolute Gasteiger partial charge is 0.158 e. The largest absolute Gasteiger partial charge is 0.356 e. The zero-order valence-corrected chi connectivity index (χ0v) is 12.1. The molecule has 0 bridgehead atoms. The fraction of sp³-hybridized carbons (Fsp3) is 1.00. The van der Waals surface area contributed by atoms with Crippen LogP contribution in [0.3, 0.4) is 0 Å². The summed E-state index contributed by atoms with van der Waals surface area (Å²) < 4.78 is 33.3. The second kappa shape index (κ2) is 6.81. The lowest BCUT2D eigenvalue weighted by molar-refractivity contribution is -0.116. The molecule has 2 N–H and O–H groups in total. The number of likely N-dealkylation sites (N-methyl/N-ethyl adjacent to an activating group) is 1. The van der Waals surface area contributed by atoms with Gasteiger partial charge in [0.15, 0.2) is 16.1 Å². The van der Waals surface area contributed by atoms with E-state index in [0.29, 0.717) is 19.4 Å². The minimum absolute atomic E-state index is 0.0536. The first-order valence-electron chi connectivity index (χ1n) is 6.11. The van der Waals surface area contributed by atoms with Crippen LogP contribution >= 0.6 is 0 Å². The average molecular weight is 280 g/mol. The predicted molar refractivity (Wildman–Crippen MR) is 70.1 cm³/mol. The molecule has 6 nitrogen and oxygen atoms in total. The fourth-order valence-corrected chi connectivity index (χ4v) is 4.12. The summed E-state index contributed by atoms with van der Waals surface area (Å²) >= 11 is 0. The number of nitrogens with two attached hydrogens (primary N) is 1. The highest BCUT2D eigenvalue weighted by molar-refractivity contribution is 7.91. The summed E-state index contributed by atoms with van der Waals surface area (Å²) in [6, 6.07) is 0.117. The Morgan fingerprint density at radius 1 is 1.39 bits per heavy atom. The third-order valence-corrected chi connectivity index (χ3v) is 5.37. The molecule has 0 aromatic carbocycles. The van der Waals surface area contributed by atoms with Gasteiger partial charge in [-0.15, -0.1) is 0 Å². The van der Waals surface area contributed by atoms with Gasteiger partial charge in [-0.2, -0.15) is 0 Å². The Hall–Kier alpha value is -0.210. The van der Waals surface area contributed by atoms with Gasteiger partial charge in [-0.3, -0.25) is 4.90 Å². The van der Waals surface area contributed by atoms with Crippen molar-refractivity contribution in [2.75, 3.05) is 39.3 Å².